The second-order valence-electron chi connectivity index (χ2n) is 7.43. The van der Waals surface area contributed by atoms with Crippen molar-refractivity contribution in [2.24, 2.45) is 0 Å². The van der Waals surface area contributed by atoms with Crippen molar-refractivity contribution >= 4 is 16.8 Å². The number of halogens is 2. The third-order valence-corrected chi connectivity index (χ3v) is 5.51. The molecule has 7 nitrogen and oxygen atoms in total. The normalized spacial score (nSPS) is 15.4. The van der Waals surface area contributed by atoms with E-state index >= 15 is 0 Å². The number of H-pyrrole nitrogens is 1. The summed E-state index contributed by atoms with van der Waals surface area (Å²) in [5.74, 6) is -2.25. The first-order chi connectivity index (χ1) is 14.3. The van der Waals surface area contributed by atoms with Crippen molar-refractivity contribution in [1.82, 2.24) is 20.3 Å². The molecule has 1 saturated carbocycles. The molecule has 1 fully saturated rings. The summed E-state index contributed by atoms with van der Waals surface area (Å²) in [6.07, 6.45) is 2.22. The van der Waals surface area contributed by atoms with Gasteiger partial charge in [0.15, 0.2) is 17.5 Å². The summed E-state index contributed by atoms with van der Waals surface area (Å²) in [6.45, 7) is 3.18. The van der Waals surface area contributed by atoms with E-state index in [0.717, 1.165) is 6.07 Å². The Morgan fingerprint density at radius 1 is 1.33 bits per heavy atom. The van der Waals surface area contributed by atoms with E-state index in [9.17, 15) is 18.4 Å². The van der Waals surface area contributed by atoms with E-state index in [-0.39, 0.29) is 33.5 Å². The van der Waals surface area contributed by atoms with Crippen LogP contribution in [0.25, 0.3) is 10.9 Å². The average molecular weight is 409 g/mol. The van der Waals surface area contributed by atoms with Gasteiger partial charge in [-0.1, -0.05) is 0 Å². The Morgan fingerprint density at radius 2 is 2.07 bits per heavy atom. The Hall–Kier alpha value is -3.67. The molecule has 0 unspecified atom stereocenters. The quantitative estimate of drug-likeness (QED) is 0.688. The SMILES string of the molecule is Cc1c(C2(C(=O)N[C@H](C)c3nccc(C#N)n3)CC2)c(=O)[nH]c2ccc(F)c(F)c12. The molecule has 1 atom stereocenters. The molecule has 1 aliphatic carbocycles. The predicted octanol–water partition coefficient (Wildman–Crippen LogP) is 2.69. The van der Waals surface area contributed by atoms with Crippen LogP contribution in [0.1, 0.15) is 48.5 Å². The molecule has 152 valence electrons. The van der Waals surface area contributed by atoms with Gasteiger partial charge in [0.1, 0.15) is 11.8 Å². The molecule has 1 aromatic carbocycles. The maximum absolute atomic E-state index is 14.4. The third kappa shape index (κ3) is 3.01. The fourth-order valence-corrected chi connectivity index (χ4v) is 3.84. The number of benzene rings is 1. The number of nitrogens with one attached hydrogen (secondary N) is 2. The molecule has 30 heavy (non-hydrogen) atoms. The fourth-order valence-electron chi connectivity index (χ4n) is 3.84. The number of aryl methyl sites for hydroxylation is 1. The van der Waals surface area contributed by atoms with Crippen molar-refractivity contribution in [2.75, 3.05) is 0 Å². The number of hydrogen-bond acceptors (Lipinski definition) is 5. The molecule has 0 bridgehead atoms. The minimum atomic E-state index is -1.13. The number of amides is 1. The van der Waals surface area contributed by atoms with Gasteiger partial charge in [-0.15, -0.1) is 0 Å². The number of hydrogen-bond donors (Lipinski definition) is 2. The van der Waals surface area contributed by atoms with Crippen LogP contribution in [0.3, 0.4) is 0 Å². The lowest BCUT2D eigenvalue weighted by Crippen LogP contribution is -2.40. The minimum Gasteiger partial charge on any atom is -0.346 e. The second kappa shape index (κ2) is 6.99. The van der Waals surface area contributed by atoms with Crippen LogP contribution >= 0.6 is 0 Å². The number of nitriles is 1. The summed E-state index contributed by atoms with van der Waals surface area (Å²) in [5, 5.41) is 11.7. The minimum absolute atomic E-state index is 0.0400. The topological polar surface area (TPSA) is 112 Å². The van der Waals surface area contributed by atoms with E-state index in [1.165, 1.54) is 25.3 Å². The number of carbonyl (C=O) groups excluding carboxylic acids is 1. The highest BCUT2D eigenvalue weighted by Gasteiger charge is 2.54. The summed E-state index contributed by atoms with van der Waals surface area (Å²) in [6, 6.07) is 4.99. The molecule has 2 aromatic heterocycles. The Morgan fingerprint density at radius 3 is 2.73 bits per heavy atom. The summed E-state index contributed by atoms with van der Waals surface area (Å²) >= 11 is 0. The molecule has 3 aromatic rings. The molecule has 0 aliphatic heterocycles. The van der Waals surface area contributed by atoms with Gasteiger partial charge in [0.2, 0.25) is 5.91 Å². The Labute approximate surface area is 169 Å². The highest BCUT2D eigenvalue weighted by molar-refractivity contribution is 5.94. The van der Waals surface area contributed by atoms with Gasteiger partial charge in [0.05, 0.1) is 17.0 Å². The predicted molar refractivity (Wildman–Crippen MR) is 103 cm³/mol. The van der Waals surface area contributed by atoms with Gasteiger partial charge in [-0.2, -0.15) is 5.26 Å². The Bertz CT molecular complexity index is 1290. The van der Waals surface area contributed by atoms with Crippen LogP contribution in [-0.2, 0) is 10.2 Å². The van der Waals surface area contributed by atoms with Crippen LogP contribution in [0.2, 0.25) is 0 Å². The number of carbonyl (C=O) groups is 1. The lowest BCUT2D eigenvalue weighted by molar-refractivity contribution is -0.124. The van der Waals surface area contributed by atoms with Crippen LogP contribution in [0, 0.1) is 29.9 Å². The highest BCUT2D eigenvalue weighted by Crippen LogP contribution is 2.49. The van der Waals surface area contributed by atoms with Crippen molar-refractivity contribution in [3.05, 3.63) is 69.0 Å². The highest BCUT2D eigenvalue weighted by atomic mass is 19.2. The van der Waals surface area contributed by atoms with E-state index in [4.69, 9.17) is 5.26 Å². The molecule has 2 N–H and O–H groups in total. The molecule has 2 heterocycles. The van der Waals surface area contributed by atoms with Gasteiger partial charge in [0, 0.05) is 17.1 Å². The summed E-state index contributed by atoms with van der Waals surface area (Å²) in [5.41, 5.74) is -0.919. The first-order valence-corrected chi connectivity index (χ1v) is 9.33. The van der Waals surface area contributed by atoms with E-state index < -0.39 is 34.6 Å². The van der Waals surface area contributed by atoms with Crippen LogP contribution in [0.4, 0.5) is 8.78 Å². The summed E-state index contributed by atoms with van der Waals surface area (Å²) < 4.78 is 28.2. The van der Waals surface area contributed by atoms with E-state index in [2.05, 4.69) is 20.3 Å². The number of pyridine rings is 1. The summed E-state index contributed by atoms with van der Waals surface area (Å²) in [7, 11) is 0. The smallest absolute Gasteiger partial charge is 0.252 e. The van der Waals surface area contributed by atoms with E-state index in [1.54, 1.807) is 6.92 Å². The lowest BCUT2D eigenvalue weighted by atomic mass is 9.89. The molecule has 0 spiro atoms. The number of fused-ring (bicyclic) bond motifs is 1. The van der Waals surface area contributed by atoms with Crippen molar-refractivity contribution in [1.29, 1.82) is 5.26 Å². The average Bonchev–Trinajstić information content (AvgIpc) is 3.52. The third-order valence-electron chi connectivity index (χ3n) is 5.51. The fraction of sp³-hybridized carbons (Fsp3) is 0.286. The second-order valence-corrected chi connectivity index (χ2v) is 7.43. The van der Waals surface area contributed by atoms with Crippen molar-refractivity contribution in [2.45, 2.75) is 38.1 Å². The van der Waals surface area contributed by atoms with Gasteiger partial charge >= 0.3 is 0 Å². The molecular formula is C21H17F2N5O2. The largest absolute Gasteiger partial charge is 0.346 e. The van der Waals surface area contributed by atoms with Crippen LogP contribution in [0.15, 0.2) is 29.2 Å². The molecule has 4 rings (SSSR count). The zero-order chi connectivity index (χ0) is 21.6. The lowest BCUT2D eigenvalue weighted by Gasteiger charge is -2.21. The van der Waals surface area contributed by atoms with Crippen LogP contribution < -0.4 is 10.9 Å². The van der Waals surface area contributed by atoms with Gasteiger partial charge < -0.3 is 10.3 Å². The van der Waals surface area contributed by atoms with Gasteiger partial charge in [-0.25, -0.2) is 18.7 Å². The van der Waals surface area contributed by atoms with Crippen molar-refractivity contribution in [3.8, 4) is 6.07 Å². The number of rotatable bonds is 4. The maximum atomic E-state index is 14.4. The molecule has 0 saturated heterocycles. The number of aromatic nitrogens is 3. The van der Waals surface area contributed by atoms with Gasteiger partial charge in [-0.3, -0.25) is 9.59 Å². The van der Waals surface area contributed by atoms with Crippen molar-refractivity contribution in [3.63, 3.8) is 0 Å². The first kappa shape index (κ1) is 19.6. The summed E-state index contributed by atoms with van der Waals surface area (Å²) in [4.78, 5) is 36.6. The number of nitrogens with zero attached hydrogens (tertiary/aromatic N) is 3. The standard InChI is InChI=1S/C21H17F2N5O2/c1-10-15-14(4-3-13(22)17(15)23)28-19(29)16(10)21(6-7-21)20(30)26-11(2)18-25-8-5-12(9-24)27-18/h3-5,8,11H,6-7H2,1-2H3,(H,26,30)(H,28,29)/t11-/m1/s1. The molecule has 1 aliphatic rings. The Balaban J connectivity index is 1.73. The van der Waals surface area contributed by atoms with E-state index in [1.807, 2.05) is 6.07 Å². The molecule has 0 radical (unpaired) electrons. The number of aromatic amines is 1. The van der Waals surface area contributed by atoms with Gasteiger partial charge in [-0.05, 0) is 50.5 Å². The zero-order valence-corrected chi connectivity index (χ0v) is 16.2. The van der Waals surface area contributed by atoms with Gasteiger partial charge in [0.25, 0.3) is 5.56 Å². The van der Waals surface area contributed by atoms with Crippen molar-refractivity contribution < 1.29 is 13.6 Å². The zero-order valence-electron chi connectivity index (χ0n) is 16.2. The van der Waals surface area contributed by atoms with Crippen LogP contribution in [0.5, 0.6) is 0 Å². The Kier molecular flexibility index (Phi) is 4.57. The van der Waals surface area contributed by atoms with E-state index in [0.29, 0.717) is 12.8 Å². The monoisotopic (exact) mass is 409 g/mol. The molecular weight excluding hydrogens is 392 g/mol. The maximum Gasteiger partial charge on any atom is 0.252 e. The molecule has 9 heteroatoms. The first-order valence-electron chi connectivity index (χ1n) is 9.33. The molecule has 1 amide bonds. The van der Waals surface area contributed by atoms with Crippen LogP contribution in [-0.4, -0.2) is 20.9 Å².